The van der Waals surface area contributed by atoms with Gasteiger partial charge in [0.2, 0.25) is 0 Å². The third-order valence-electron chi connectivity index (χ3n) is 3.42. The average molecular weight is 328 g/mol. The lowest BCUT2D eigenvalue weighted by atomic mass is 10.2. The first-order chi connectivity index (χ1) is 11.0. The topological polar surface area (TPSA) is 78.4 Å². The molecule has 0 unspecified atom stereocenters. The highest BCUT2D eigenvalue weighted by Crippen LogP contribution is 2.15. The van der Waals surface area contributed by atoms with Crippen molar-refractivity contribution in [3.63, 3.8) is 0 Å². The Bertz CT molecular complexity index is 926. The molecule has 0 saturated heterocycles. The largest absolute Gasteiger partial charge is 0.337 e. The monoisotopic (exact) mass is 328 g/mol. The molecule has 0 aliphatic carbocycles. The van der Waals surface area contributed by atoms with E-state index in [1.165, 1.54) is 13.3 Å². The molecule has 1 aromatic heterocycles. The van der Waals surface area contributed by atoms with Crippen molar-refractivity contribution in [2.45, 2.75) is 11.8 Å². The summed E-state index contributed by atoms with van der Waals surface area (Å²) in [4.78, 5) is 7.59. The standard InChI is InChI=1S/C16H16N4O2S/c1-12-7-9-13(10-8-12)23(21,22)20(2)17-11-16-18-14-5-3-4-6-15(14)19-16/h3-11H,1-2H3,(H,18,19). The highest BCUT2D eigenvalue weighted by Gasteiger charge is 2.18. The van der Waals surface area contributed by atoms with Gasteiger partial charge in [0.1, 0.15) is 0 Å². The van der Waals surface area contributed by atoms with Gasteiger partial charge >= 0.3 is 0 Å². The van der Waals surface area contributed by atoms with Gasteiger partial charge in [0.25, 0.3) is 10.0 Å². The Hall–Kier alpha value is -2.67. The first-order valence-corrected chi connectivity index (χ1v) is 8.45. The molecule has 0 fully saturated rings. The van der Waals surface area contributed by atoms with Gasteiger partial charge < -0.3 is 4.98 Å². The number of hydrazone groups is 1. The number of aryl methyl sites for hydroxylation is 1. The van der Waals surface area contributed by atoms with Gasteiger partial charge in [-0.3, -0.25) is 0 Å². The van der Waals surface area contributed by atoms with E-state index < -0.39 is 10.0 Å². The van der Waals surface area contributed by atoms with E-state index in [2.05, 4.69) is 15.1 Å². The van der Waals surface area contributed by atoms with Crippen molar-refractivity contribution in [1.29, 1.82) is 0 Å². The van der Waals surface area contributed by atoms with Gasteiger partial charge in [0.15, 0.2) is 5.82 Å². The minimum atomic E-state index is -3.66. The predicted octanol–water partition coefficient (Wildman–Crippen LogP) is 2.53. The summed E-state index contributed by atoms with van der Waals surface area (Å²) in [5, 5.41) is 3.99. The molecule has 2 aromatic carbocycles. The van der Waals surface area contributed by atoms with Crippen molar-refractivity contribution >= 4 is 27.3 Å². The van der Waals surface area contributed by atoms with Gasteiger partial charge in [0.05, 0.1) is 22.1 Å². The maximum Gasteiger partial charge on any atom is 0.278 e. The number of nitrogens with one attached hydrogen (secondary N) is 1. The molecule has 3 rings (SSSR count). The van der Waals surface area contributed by atoms with E-state index in [1.807, 2.05) is 31.2 Å². The average Bonchev–Trinajstić information content (AvgIpc) is 2.95. The van der Waals surface area contributed by atoms with Gasteiger partial charge in [0, 0.05) is 7.05 Å². The molecule has 0 spiro atoms. The van der Waals surface area contributed by atoms with Crippen molar-refractivity contribution in [2.75, 3.05) is 7.05 Å². The summed E-state index contributed by atoms with van der Waals surface area (Å²) in [7, 11) is -2.27. The molecule has 0 saturated carbocycles. The van der Waals surface area contributed by atoms with Crippen LogP contribution in [0.4, 0.5) is 0 Å². The van der Waals surface area contributed by atoms with Crippen LogP contribution in [0.1, 0.15) is 11.4 Å². The summed E-state index contributed by atoms with van der Waals surface area (Å²) >= 11 is 0. The van der Waals surface area contributed by atoms with Crippen LogP contribution in [-0.4, -0.2) is 36.1 Å². The summed E-state index contributed by atoms with van der Waals surface area (Å²) in [5.41, 5.74) is 2.67. The van der Waals surface area contributed by atoms with Crippen LogP contribution >= 0.6 is 0 Å². The van der Waals surface area contributed by atoms with Gasteiger partial charge in [-0.05, 0) is 31.2 Å². The Morgan fingerprint density at radius 2 is 1.83 bits per heavy atom. The van der Waals surface area contributed by atoms with E-state index in [1.54, 1.807) is 24.3 Å². The van der Waals surface area contributed by atoms with E-state index in [9.17, 15) is 8.42 Å². The minimum absolute atomic E-state index is 0.201. The second kappa shape index (κ2) is 5.85. The molecule has 0 radical (unpaired) electrons. The fourth-order valence-corrected chi connectivity index (χ4v) is 3.05. The summed E-state index contributed by atoms with van der Waals surface area (Å²) in [5.74, 6) is 0.497. The van der Waals surface area contributed by atoms with E-state index >= 15 is 0 Å². The Morgan fingerprint density at radius 3 is 2.52 bits per heavy atom. The zero-order valence-corrected chi connectivity index (χ0v) is 13.6. The van der Waals surface area contributed by atoms with E-state index in [0.717, 1.165) is 21.0 Å². The van der Waals surface area contributed by atoms with Crippen molar-refractivity contribution in [3.8, 4) is 0 Å². The number of sulfonamides is 1. The van der Waals surface area contributed by atoms with Crippen LogP contribution in [0, 0.1) is 6.92 Å². The third-order valence-corrected chi connectivity index (χ3v) is 5.07. The van der Waals surface area contributed by atoms with Crippen LogP contribution < -0.4 is 0 Å². The fraction of sp³-hybridized carbons (Fsp3) is 0.125. The van der Waals surface area contributed by atoms with Crippen LogP contribution in [0.15, 0.2) is 58.5 Å². The number of benzene rings is 2. The van der Waals surface area contributed by atoms with Crippen LogP contribution in [0.3, 0.4) is 0 Å². The summed E-state index contributed by atoms with van der Waals surface area (Å²) in [6.07, 6.45) is 1.39. The molecule has 0 bridgehead atoms. The number of para-hydroxylation sites is 2. The number of hydrogen-bond acceptors (Lipinski definition) is 4. The van der Waals surface area contributed by atoms with Crippen molar-refractivity contribution in [1.82, 2.24) is 14.4 Å². The molecule has 23 heavy (non-hydrogen) atoms. The van der Waals surface area contributed by atoms with Crippen molar-refractivity contribution < 1.29 is 8.42 Å². The third kappa shape index (κ3) is 3.09. The lowest BCUT2D eigenvalue weighted by Gasteiger charge is -2.13. The summed E-state index contributed by atoms with van der Waals surface area (Å²) in [6.45, 7) is 1.90. The summed E-state index contributed by atoms with van der Waals surface area (Å²) in [6, 6.07) is 14.2. The zero-order chi connectivity index (χ0) is 16.4. The Kier molecular flexibility index (Phi) is 3.87. The number of aromatic nitrogens is 2. The fourth-order valence-electron chi connectivity index (χ4n) is 2.09. The lowest BCUT2D eigenvalue weighted by molar-refractivity contribution is 0.491. The molecular formula is C16H16N4O2S. The zero-order valence-electron chi connectivity index (χ0n) is 12.8. The first-order valence-electron chi connectivity index (χ1n) is 7.01. The predicted molar refractivity (Wildman–Crippen MR) is 89.8 cm³/mol. The molecule has 1 N–H and O–H groups in total. The number of imidazole rings is 1. The SMILES string of the molecule is Cc1ccc(S(=O)(=O)N(C)N=Cc2nc3ccccc3[nH]2)cc1. The molecule has 1 heterocycles. The molecule has 3 aromatic rings. The number of hydrogen-bond donors (Lipinski definition) is 1. The number of nitrogens with zero attached hydrogens (tertiary/aromatic N) is 3. The molecular weight excluding hydrogens is 312 g/mol. The number of fused-ring (bicyclic) bond motifs is 1. The highest BCUT2D eigenvalue weighted by atomic mass is 32.2. The van der Waals surface area contributed by atoms with Crippen LogP contribution in [0.5, 0.6) is 0 Å². The molecule has 118 valence electrons. The molecule has 7 heteroatoms. The summed E-state index contributed by atoms with van der Waals surface area (Å²) < 4.78 is 25.8. The molecule has 0 aliphatic rings. The van der Waals surface area contributed by atoms with E-state index in [0.29, 0.717) is 5.82 Å². The Balaban J connectivity index is 1.84. The van der Waals surface area contributed by atoms with Gasteiger partial charge in [-0.25, -0.2) is 4.98 Å². The first kappa shape index (κ1) is 15.2. The maximum absolute atomic E-state index is 12.4. The Morgan fingerprint density at radius 1 is 1.13 bits per heavy atom. The van der Waals surface area contributed by atoms with Crippen LogP contribution in [0.2, 0.25) is 0 Å². The lowest BCUT2D eigenvalue weighted by Crippen LogP contribution is -2.22. The van der Waals surface area contributed by atoms with E-state index in [4.69, 9.17) is 0 Å². The number of rotatable bonds is 4. The van der Waals surface area contributed by atoms with Crippen LogP contribution in [-0.2, 0) is 10.0 Å². The smallest absolute Gasteiger partial charge is 0.278 e. The maximum atomic E-state index is 12.4. The Labute approximate surface area is 134 Å². The molecule has 0 amide bonds. The number of aromatic amines is 1. The molecule has 0 atom stereocenters. The van der Waals surface area contributed by atoms with Gasteiger partial charge in [-0.1, -0.05) is 29.8 Å². The molecule has 0 aliphatic heterocycles. The quantitative estimate of drug-likeness (QED) is 0.590. The number of H-pyrrole nitrogens is 1. The van der Waals surface area contributed by atoms with Crippen LogP contribution in [0.25, 0.3) is 11.0 Å². The van der Waals surface area contributed by atoms with Crippen molar-refractivity contribution in [2.24, 2.45) is 5.10 Å². The van der Waals surface area contributed by atoms with Crippen molar-refractivity contribution in [3.05, 3.63) is 59.9 Å². The normalized spacial score (nSPS) is 12.1. The van der Waals surface area contributed by atoms with Gasteiger partial charge in [-0.2, -0.15) is 17.9 Å². The minimum Gasteiger partial charge on any atom is -0.337 e. The second-order valence-corrected chi connectivity index (χ2v) is 7.09. The van der Waals surface area contributed by atoms with E-state index in [-0.39, 0.29) is 4.90 Å². The highest BCUT2D eigenvalue weighted by molar-refractivity contribution is 7.89. The van der Waals surface area contributed by atoms with Gasteiger partial charge in [-0.15, -0.1) is 0 Å². The second-order valence-electron chi connectivity index (χ2n) is 5.14. The molecule has 6 nitrogen and oxygen atoms in total.